The van der Waals surface area contributed by atoms with Gasteiger partial charge >= 0.3 is 0 Å². The lowest BCUT2D eigenvalue weighted by Crippen LogP contribution is -2.19. The Hall–Kier alpha value is -1.02. The zero-order valence-electron chi connectivity index (χ0n) is 9.83. The first-order valence-electron chi connectivity index (χ1n) is 5.53. The number of rotatable bonds is 4. The van der Waals surface area contributed by atoms with Crippen LogP contribution in [0.2, 0.25) is 0 Å². The van der Waals surface area contributed by atoms with E-state index in [4.69, 9.17) is 5.73 Å². The Balaban J connectivity index is 2.64. The molecular formula is C13H21NO. The zero-order chi connectivity index (χ0) is 11.4. The van der Waals surface area contributed by atoms with Gasteiger partial charge in [0.25, 0.3) is 0 Å². The molecule has 2 atom stereocenters. The molecule has 0 amide bonds. The van der Waals surface area contributed by atoms with Crippen molar-refractivity contribution in [3.63, 3.8) is 0 Å². The Morgan fingerprint density at radius 1 is 1.33 bits per heavy atom. The number of benzene rings is 1. The largest absolute Gasteiger partial charge is 0.508 e. The number of hydrogen-bond donors (Lipinski definition) is 2. The summed E-state index contributed by atoms with van der Waals surface area (Å²) in [6.07, 6.45) is 2.08. The first-order valence-corrected chi connectivity index (χ1v) is 5.53. The average Bonchev–Trinajstić information content (AvgIpc) is 2.08. The Morgan fingerprint density at radius 2 is 2.00 bits per heavy atom. The van der Waals surface area contributed by atoms with Crippen LogP contribution in [-0.2, 0) is 6.42 Å². The molecule has 0 spiro atoms. The second-order valence-electron chi connectivity index (χ2n) is 4.63. The van der Waals surface area contributed by atoms with Gasteiger partial charge in [-0.25, -0.2) is 0 Å². The predicted molar refractivity (Wildman–Crippen MR) is 64.0 cm³/mol. The predicted octanol–water partition coefficient (Wildman–Crippen LogP) is 2.62. The number of hydrogen-bond acceptors (Lipinski definition) is 2. The second kappa shape index (κ2) is 5.17. The summed E-state index contributed by atoms with van der Waals surface area (Å²) in [5, 5.41) is 9.30. The number of aromatic hydroxyl groups is 1. The van der Waals surface area contributed by atoms with E-state index in [2.05, 4.69) is 6.92 Å². The van der Waals surface area contributed by atoms with Crippen LogP contribution in [0.3, 0.4) is 0 Å². The van der Waals surface area contributed by atoms with Gasteiger partial charge in [-0.1, -0.05) is 13.0 Å². The van der Waals surface area contributed by atoms with Gasteiger partial charge in [0.1, 0.15) is 5.75 Å². The van der Waals surface area contributed by atoms with Gasteiger partial charge in [-0.2, -0.15) is 0 Å². The van der Waals surface area contributed by atoms with Crippen LogP contribution in [0.25, 0.3) is 0 Å². The zero-order valence-corrected chi connectivity index (χ0v) is 9.83. The van der Waals surface area contributed by atoms with Crippen LogP contribution in [0.4, 0.5) is 0 Å². The lowest BCUT2D eigenvalue weighted by atomic mass is 9.93. The highest BCUT2D eigenvalue weighted by Gasteiger charge is 2.08. The Morgan fingerprint density at radius 3 is 2.53 bits per heavy atom. The average molecular weight is 207 g/mol. The minimum absolute atomic E-state index is 0.262. The molecule has 15 heavy (non-hydrogen) atoms. The van der Waals surface area contributed by atoms with Gasteiger partial charge in [-0.15, -0.1) is 0 Å². The smallest absolute Gasteiger partial charge is 0.115 e. The summed E-state index contributed by atoms with van der Waals surface area (Å²) in [7, 11) is 0. The standard InChI is InChI=1S/C13H21NO/c1-9(6-11(3)14)7-12-4-5-13(15)8-10(12)2/h4-5,8-9,11,15H,6-7,14H2,1-3H3. The maximum absolute atomic E-state index is 9.30. The van der Waals surface area contributed by atoms with Crippen molar-refractivity contribution in [2.45, 2.75) is 39.7 Å². The monoisotopic (exact) mass is 207 g/mol. The molecule has 84 valence electrons. The molecule has 1 rings (SSSR count). The van der Waals surface area contributed by atoms with E-state index >= 15 is 0 Å². The van der Waals surface area contributed by atoms with E-state index in [1.807, 2.05) is 26.0 Å². The lowest BCUT2D eigenvalue weighted by molar-refractivity contribution is 0.469. The highest BCUT2D eigenvalue weighted by atomic mass is 16.3. The number of nitrogens with two attached hydrogens (primary N) is 1. The Labute approximate surface area is 92.1 Å². The maximum Gasteiger partial charge on any atom is 0.115 e. The molecule has 0 saturated heterocycles. The maximum atomic E-state index is 9.30. The lowest BCUT2D eigenvalue weighted by Gasteiger charge is -2.15. The Kier molecular flexibility index (Phi) is 4.15. The van der Waals surface area contributed by atoms with Crippen molar-refractivity contribution in [2.75, 3.05) is 0 Å². The molecule has 2 unspecified atom stereocenters. The fraction of sp³-hybridized carbons (Fsp3) is 0.538. The van der Waals surface area contributed by atoms with E-state index in [-0.39, 0.29) is 6.04 Å². The molecule has 0 heterocycles. The van der Waals surface area contributed by atoms with Gasteiger partial charge in [0.05, 0.1) is 0 Å². The molecule has 0 radical (unpaired) electrons. The summed E-state index contributed by atoms with van der Waals surface area (Å²) in [6, 6.07) is 5.83. The third-order valence-corrected chi connectivity index (χ3v) is 2.67. The topological polar surface area (TPSA) is 46.2 Å². The molecular weight excluding hydrogens is 186 g/mol. The van der Waals surface area contributed by atoms with Gasteiger partial charge in [0.2, 0.25) is 0 Å². The summed E-state index contributed by atoms with van der Waals surface area (Å²) < 4.78 is 0. The third-order valence-electron chi connectivity index (χ3n) is 2.67. The molecule has 0 aromatic heterocycles. The van der Waals surface area contributed by atoms with E-state index in [0.29, 0.717) is 11.7 Å². The van der Waals surface area contributed by atoms with Gasteiger partial charge in [0, 0.05) is 6.04 Å². The number of aryl methyl sites for hydroxylation is 1. The van der Waals surface area contributed by atoms with E-state index in [0.717, 1.165) is 18.4 Å². The van der Waals surface area contributed by atoms with E-state index in [9.17, 15) is 5.11 Å². The van der Waals surface area contributed by atoms with Crippen molar-refractivity contribution < 1.29 is 5.11 Å². The van der Waals surface area contributed by atoms with Crippen LogP contribution in [-0.4, -0.2) is 11.1 Å². The first kappa shape index (κ1) is 12.1. The molecule has 0 aliphatic heterocycles. The van der Waals surface area contributed by atoms with Gasteiger partial charge < -0.3 is 10.8 Å². The fourth-order valence-corrected chi connectivity index (χ4v) is 2.00. The van der Waals surface area contributed by atoms with Crippen LogP contribution >= 0.6 is 0 Å². The second-order valence-corrected chi connectivity index (χ2v) is 4.63. The fourth-order valence-electron chi connectivity index (χ4n) is 2.00. The quantitative estimate of drug-likeness (QED) is 0.797. The molecule has 1 aromatic rings. The summed E-state index contributed by atoms with van der Waals surface area (Å²) in [6.45, 7) is 6.30. The number of phenolic OH excluding ortho intramolecular Hbond substituents is 1. The van der Waals surface area contributed by atoms with Crippen LogP contribution in [0.1, 0.15) is 31.4 Å². The van der Waals surface area contributed by atoms with Gasteiger partial charge in [-0.3, -0.25) is 0 Å². The van der Waals surface area contributed by atoms with Gasteiger partial charge in [-0.05, 0) is 55.9 Å². The summed E-state index contributed by atoms with van der Waals surface area (Å²) in [5.74, 6) is 0.935. The molecule has 0 fully saturated rings. The molecule has 0 saturated carbocycles. The highest BCUT2D eigenvalue weighted by Crippen LogP contribution is 2.20. The van der Waals surface area contributed by atoms with E-state index in [1.54, 1.807) is 6.07 Å². The Bertz CT molecular complexity index is 320. The number of phenols is 1. The minimum Gasteiger partial charge on any atom is -0.508 e. The van der Waals surface area contributed by atoms with Crippen molar-refractivity contribution in [1.29, 1.82) is 0 Å². The molecule has 0 aliphatic rings. The third kappa shape index (κ3) is 3.92. The van der Waals surface area contributed by atoms with Crippen LogP contribution in [0.15, 0.2) is 18.2 Å². The molecule has 2 heteroatoms. The van der Waals surface area contributed by atoms with Crippen molar-refractivity contribution in [2.24, 2.45) is 11.7 Å². The molecule has 3 N–H and O–H groups in total. The van der Waals surface area contributed by atoms with E-state index < -0.39 is 0 Å². The first-order chi connectivity index (χ1) is 6.99. The summed E-state index contributed by atoms with van der Waals surface area (Å²) in [4.78, 5) is 0. The van der Waals surface area contributed by atoms with Crippen molar-refractivity contribution in [1.82, 2.24) is 0 Å². The van der Waals surface area contributed by atoms with Crippen molar-refractivity contribution in [3.8, 4) is 5.75 Å². The molecule has 2 nitrogen and oxygen atoms in total. The molecule has 0 aliphatic carbocycles. The molecule has 0 bridgehead atoms. The van der Waals surface area contributed by atoms with Crippen LogP contribution in [0.5, 0.6) is 5.75 Å². The summed E-state index contributed by atoms with van der Waals surface area (Å²) in [5.41, 5.74) is 8.23. The highest BCUT2D eigenvalue weighted by molar-refractivity contribution is 5.34. The SMILES string of the molecule is Cc1cc(O)ccc1CC(C)CC(C)N. The summed E-state index contributed by atoms with van der Waals surface area (Å²) >= 11 is 0. The van der Waals surface area contributed by atoms with Gasteiger partial charge in [0.15, 0.2) is 0 Å². The van der Waals surface area contributed by atoms with Crippen molar-refractivity contribution >= 4 is 0 Å². The van der Waals surface area contributed by atoms with Crippen LogP contribution in [0, 0.1) is 12.8 Å². The van der Waals surface area contributed by atoms with Crippen LogP contribution < -0.4 is 5.73 Å². The minimum atomic E-state index is 0.262. The van der Waals surface area contributed by atoms with Crippen molar-refractivity contribution in [3.05, 3.63) is 29.3 Å². The van der Waals surface area contributed by atoms with E-state index in [1.165, 1.54) is 5.56 Å². The molecule has 1 aromatic carbocycles. The normalized spacial score (nSPS) is 14.9.